The summed E-state index contributed by atoms with van der Waals surface area (Å²) in [6, 6.07) is -0.300. The van der Waals surface area contributed by atoms with Gasteiger partial charge in [-0.25, -0.2) is 0 Å². The van der Waals surface area contributed by atoms with Crippen molar-refractivity contribution < 1.29 is 9.90 Å². The van der Waals surface area contributed by atoms with Gasteiger partial charge in [0.25, 0.3) is 0 Å². The van der Waals surface area contributed by atoms with Crippen LogP contribution in [0.1, 0.15) is 12.8 Å². The Balaban J connectivity index is 1.86. The van der Waals surface area contributed by atoms with Crippen molar-refractivity contribution in [1.29, 1.82) is 0 Å². The van der Waals surface area contributed by atoms with Crippen molar-refractivity contribution in [3.63, 3.8) is 0 Å². The zero-order chi connectivity index (χ0) is 10.1. The van der Waals surface area contributed by atoms with Crippen LogP contribution in [-0.2, 0) is 4.79 Å². The number of nitrogens with one attached hydrogen (secondary N) is 1. The summed E-state index contributed by atoms with van der Waals surface area (Å²) in [6.07, 6.45) is 2.04. The third-order valence-electron chi connectivity index (χ3n) is 3.56. The van der Waals surface area contributed by atoms with Gasteiger partial charge in [-0.05, 0) is 44.8 Å². The average molecular weight is 198 g/mol. The fourth-order valence-corrected chi connectivity index (χ4v) is 2.66. The predicted molar refractivity (Wildman–Crippen MR) is 53.1 cm³/mol. The molecule has 80 valence electrons. The lowest BCUT2D eigenvalue weighted by Gasteiger charge is -2.16. The fraction of sp³-hybridized carbons (Fsp3) is 0.900. The molecule has 2 rings (SSSR count). The average Bonchev–Trinajstić information content (AvgIpc) is 2.70. The first-order chi connectivity index (χ1) is 6.66. The Morgan fingerprint density at radius 3 is 2.79 bits per heavy atom. The van der Waals surface area contributed by atoms with Crippen LogP contribution in [0.3, 0.4) is 0 Å². The van der Waals surface area contributed by atoms with Crippen molar-refractivity contribution in [2.45, 2.75) is 18.9 Å². The third-order valence-corrected chi connectivity index (χ3v) is 3.56. The molecular formula is C10H18N2O2. The van der Waals surface area contributed by atoms with E-state index in [1.54, 1.807) is 0 Å². The summed E-state index contributed by atoms with van der Waals surface area (Å²) in [6.45, 7) is 3.19. The molecule has 2 heterocycles. The molecule has 0 aliphatic carbocycles. The van der Waals surface area contributed by atoms with Crippen LogP contribution >= 0.6 is 0 Å². The SMILES string of the molecule is CN1CCC(C2CNC(C(=O)O)C2)C1. The van der Waals surface area contributed by atoms with Gasteiger partial charge in [0.1, 0.15) is 6.04 Å². The normalized spacial score (nSPS) is 39.1. The minimum absolute atomic E-state index is 0.300. The zero-order valence-corrected chi connectivity index (χ0v) is 8.57. The number of likely N-dealkylation sites (tertiary alicyclic amines) is 1. The molecule has 2 N–H and O–H groups in total. The second kappa shape index (κ2) is 3.87. The van der Waals surface area contributed by atoms with Gasteiger partial charge in [0.2, 0.25) is 0 Å². The molecule has 2 fully saturated rings. The molecule has 0 bridgehead atoms. The highest BCUT2D eigenvalue weighted by molar-refractivity contribution is 5.73. The highest BCUT2D eigenvalue weighted by Gasteiger charge is 2.36. The molecule has 2 aliphatic heterocycles. The smallest absolute Gasteiger partial charge is 0.320 e. The van der Waals surface area contributed by atoms with Crippen molar-refractivity contribution in [3.8, 4) is 0 Å². The zero-order valence-electron chi connectivity index (χ0n) is 8.57. The second-order valence-electron chi connectivity index (χ2n) is 4.61. The Hall–Kier alpha value is -0.610. The standard InChI is InChI=1S/C10H18N2O2/c1-12-3-2-7(6-12)8-4-9(10(13)14)11-5-8/h7-9,11H,2-6H2,1H3,(H,13,14). The van der Waals surface area contributed by atoms with Crippen LogP contribution in [0.15, 0.2) is 0 Å². The molecule has 4 heteroatoms. The monoisotopic (exact) mass is 198 g/mol. The van der Waals surface area contributed by atoms with E-state index >= 15 is 0 Å². The molecular weight excluding hydrogens is 180 g/mol. The van der Waals surface area contributed by atoms with Crippen LogP contribution in [0, 0.1) is 11.8 Å². The summed E-state index contributed by atoms with van der Waals surface area (Å²) in [5, 5.41) is 11.9. The summed E-state index contributed by atoms with van der Waals surface area (Å²) >= 11 is 0. The van der Waals surface area contributed by atoms with Crippen LogP contribution in [0.4, 0.5) is 0 Å². The highest BCUT2D eigenvalue weighted by Crippen LogP contribution is 2.29. The van der Waals surface area contributed by atoms with Gasteiger partial charge in [-0.3, -0.25) is 4.79 Å². The third kappa shape index (κ3) is 1.91. The van der Waals surface area contributed by atoms with Crippen molar-refractivity contribution in [2.75, 3.05) is 26.7 Å². The Morgan fingerprint density at radius 1 is 1.50 bits per heavy atom. The number of nitrogens with zero attached hydrogens (tertiary/aromatic N) is 1. The van der Waals surface area contributed by atoms with E-state index in [0.29, 0.717) is 11.8 Å². The Bertz CT molecular complexity index is 232. The van der Waals surface area contributed by atoms with Crippen LogP contribution in [-0.4, -0.2) is 48.7 Å². The molecule has 2 aliphatic rings. The molecule has 4 nitrogen and oxygen atoms in total. The largest absolute Gasteiger partial charge is 0.480 e. The summed E-state index contributed by atoms with van der Waals surface area (Å²) in [7, 11) is 2.14. The first-order valence-electron chi connectivity index (χ1n) is 5.31. The number of carbonyl (C=O) groups is 1. The van der Waals surface area contributed by atoms with E-state index in [2.05, 4.69) is 17.3 Å². The lowest BCUT2D eigenvalue weighted by molar-refractivity contribution is -0.139. The van der Waals surface area contributed by atoms with E-state index in [-0.39, 0.29) is 6.04 Å². The molecule has 14 heavy (non-hydrogen) atoms. The molecule has 0 radical (unpaired) electrons. The number of hydrogen-bond donors (Lipinski definition) is 2. The van der Waals surface area contributed by atoms with Crippen LogP contribution in [0.2, 0.25) is 0 Å². The van der Waals surface area contributed by atoms with Crippen molar-refractivity contribution in [1.82, 2.24) is 10.2 Å². The summed E-state index contributed by atoms with van der Waals surface area (Å²) in [4.78, 5) is 13.1. The first kappa shape index (κ1) is 9.93. The minimum Gasteiger partial charge on any atom is -0.480 e. The van der Waals surface area contributed by atoms with Gasteiger partial charge in [-0.1, -0.05) is 0 Å². The molecule has 3 unspecified atom stereocenters. The minimum atomic E-state index is -0.696. The summed E-state index contributed by atoms with van der Waals surface area (Å²) in [5.41, 5.74) is 0. The first-order valence-corrected chi connectivity index (χ1v) is 5.31. The van der Waals surface area contributed by atoms with Gasteiger partial charge in [-0.15, -0.1) is 0 Å². The van der Waals surface area contributed by atoms with Gasteiger partial charge in [-0.2, -0.15) is 0 Å². The van der Waals surface area contributed by atoms with Crippen LogP contribution in [0.5, 0.6) is 0 Å². The van der Waals surface area contributed by atoms with Gasteiger partial charge < -0.3 is 15.3 Å². The van der Waals surface area contributed by atoms with E-state index in [0.717, 1.165) is 19.5 Å². The molecule has 0 aromatic heterocycles. The van der Waals surface area contributed by atoms with Gasteiger partial charge >= 0.3 is 5.97 Å². The van der Waals surface area contributed by atoms with Crippen molar-refractivity contribution in [2.24, 2.45) is 11.8 Å². The topological polar surface area (TPSA) is 52.6 Å². The maximum atomic E-state index is 10.8. The number of carboxylic acids is 1. The predicted octanol–water partition coefficient (Wildman–Crippen LogP) is 0.000800. The summed E-state index contributed by atoms with van der Waals surface area (Å²) in [5.74, 6) is 0.580. The van der Waals surface area contributed by atoms with Gasteiger partial charge in [0.15, 0.2) is 0 Å². The van der Waals surface area contributed by atoms with Gasteiger partial charge in [0, 0.05) is 6.54 Å². The molecule has 2 saturated heterocycles. The second-order valence-corrected chi connectivity index (χ2v) is 4.61. The molecule has 0 amide bonds. The number of aliphatic carboxylic acids is 1. The van der Waals surface area contributed by atoms with Crippen molar-refractivity contribution in [3.05, 3.63) is 0 Å². The van der Waals surface area contributed by atoms with Gasteiger partial charge in [0.05, 0.1) is 0 Å². The lowest BCUT2D eigenvalue weighted by Crippen LogP contribution is -2.29. The summed E-state index contributed by atoms with van der Waals surface area (Å²) < 4.78 is 0. The Morgan fingerprint density at radius 2 is 2.29 bits per heavy atom. The quantitative estimate of drug-likeness (QED) is 0.656. The molecule has 0 spiro atoms. The Labute approximate surface area is 84.3 Å². The maximum absolute atomic E-state index is 10.8. The van der Waals surface area contributed by atoms with E-state index in [1.807, 2.05) is 0 Å². The molecule has 0 aromatic rings. The maximum Gasteiger partial charge on any atom is 0.320 e. The highest BCUT2D eigenvalue weighted by atomic mass is 16.4. The van der Waals surface area contributed by atoms with E-state index in [9.17, 15) is 4.79 Å². The number of hydrogen-bond acceptors (Lipinski definition) is 3. The molecule has 3 atom stereocenters. The molecule has 0 saturated carbocycles. The lowest BCUT2D eigenvalue weighted by atomic mass is 9.89. The number of rotatable bonds is 2. The van der Waals surface area contributed by atoms with Crippen LogP contribution in [0.25, 0.3) is 0 Å². The van der Waals surface area contributed by atoms with Crippen molar-refractivity contribution >= 4 is 5.97 Å². The number of carboxylic acid groups (broad SMARTS) is 1. The van der Waals surface area contributed by atoms with E-state index in [4.69, 9.17) is 5.11 Å². The van der Waals surface area contributed by atoms with Crippen LogP contribution < -0.4 is 5.32 Å². The fourth-order valence-electron chi connectivity index (χ4n) is 2.66. The van der Waals surface area contributed by atoms with E-state index in [1.165, 1.54) is 13.0 Å². The molecule has 0 aromatic carbocycles. The van der Waals surface area contributed by atoms with E-state index < -0.39 is 5.97 Å². The Kier molecular flexibility index (Phi) is 2.74.